The number of amides is 1. The molecule has 0 aliphatic carbocycles. The van der Waals surface area contributed by atoms with Gasteiger partial charge in [0.15, 0.2) is 0 Å². The van der Waals surface area contributed by atoms with Gasteiger partial charge in [-0.2, -0.15) is 0 Å². The Morgan fingerprint density at radius 3 is 2.84 bits per heavy atom. The van der Waals surface area contributed by atoms with E-state index in [0.717, 1.165) is 18.4 Å². The molecule has 1 atom stereocenters. The summed E-state index contributed by atoms with van der Waals surface area (Å²) >= 11 is 0. The van der Waals surface area contributed by atoms with Gasteiger partial charge in [0.1, 0.15) is 11.5 Å². The van der Waals surface area contributed by atoms with Gasteiger partial charge in [0, 0.05) is 30.6 Å². The molecule has 3 aromatic rings. The molecule has 0 bridgehead atoms. The van der Waals surface area contributed by atoms with Crippen LogP contribution in [-0.4, -0.2) is 27.5 Å². The number of carbonyl (C=O) groups is 1. The van der Waals surface area contributed by atoms with Crippen molar-refractivity contribution >= 4 is 5.91 Å². The topological polar surface area (TPSA) is 59.2 Å². The van der Waals surface area contributed by atoms with Gasteiger partial charge in [-0.15, -0.1) is 0 Å². The van der Waals surface area contributed by atoms with E-state index in [1.54, 1.807) is 35.5 Å². The summed E-state index contributed by atoms with van der Waals surface area (Å²) in [7, 11) is 0. The molecular formula is C19H16FN3O2. The molecule has 1 aliphatic rings. The highest BCUT2D eigenvalue weighted by molar-refractivity contribution is 5.93. The van der Waals surface area contributed by atoms with Crippen LogP contribution in [0.5, 0.6) is 0 Å². The Bertz CT molecular complexity index is 894. The van der Waals surface area contributed by atoms with E-state index in [1.807, 2.05) is 12.1 Å². The predicted octanol–water partition coefficient (Wildman–Crippen LogP) is 3.85. The first-order valence-corrected chi connectivity index (χ1v) is 8.16. The molecule has 0 unspecified atom stereocenters. The number of halogens is 1. The fourth-order valence-corrected chi connectivity index (χ4v) is 3.24. The fourth-order valence-electron chi connectivity index (χ4n) is 3.24. The SMILES string of the molecule is O=C(c1cc(-c2cccc(F)c2)no1)N1CCC[C@H]1c1ccncc1. The number of benzene rings is 1. The first kappa shape index (κ1) is 15.5. The summed E-state index contributed by atoms with van der Waals surface area (Å²) in [5, 5.41) is 3.92. The van der Waals surface area contributed by atoms with E-state index >= 15 is 0 Å². The lowest BCUT2D eigenvalue weighted by Crippen LogP contribution is -2.30. The minimum Gasteiger partial charge on any atom is -0.350 e. The number of carbonyl (C=O) groups excluding carboxylic acids is 1. The third kappa shape index (κ3) is 3.03. The second-order valence-corrected chi connectivity index (χ2v) is 6.02. The van der Waals surface area contributed by atoms with Gasteiger partial charge in [-0.05, 0) is 42.7 Å². The number of rotatable bonds is 3. The van der Waals surface area contributed by atoms with Crippen LogP contribution in [0.25, 0.3) is 11.3 Å². The van der Waals surface area contributed by atoms with Crippen LogP contribution in [0, 0.1) is 5.82 Å². The maximum atomic E-state index is 13.4. The zero-order valence-electron chi connectivity index (χ0n) is 13.4. The minimum absolute atomic E-state index is 0.0122. The monoisotopic (exact) mass is 337 g/mol. The van der Waals surface area contributed by atoms with Gasteiger partial charge in [0.25, 0.3) is 5.91 Å². The molecule has 126 valence electrons. The molecule has 25 heavy (non-hydrogen) atoms. The molecule has 1 saturated heterocycles. The van der Waals surface area contributed by atoms with Crippen molar-refractivity contribution < 1.29 is 13.7 Å². The molecule has 0 N–H and O–H groups in total. The lowest BCUT2D eigenvalue weighted by Gasteiger charge is -2.23. The van der Waals surface area contributed by atoms with Crippen molar-refractivity contribution in [3.8, 4) is 11.3 Å². The maximum Gasteiger partial charge on any atom is 0.292 e. The number of pyridine rings is 1. The smallest absolute Gasteiger partial charge is 0.292 e. The van der Waals surface area contributed by atoms with Gasteiger partial charge in [-0.3, -0.25) is 9.78 Å². The third-order valence-electron chi connectivity index (χ3n) is 4.45. The van der Waals surface area contributed by atoms with Crippen LogP contribution < -0.4 is 0 Å². The molecule has 1 amide bonds. The van der Waals surface area contributed by atoms with Crippen LogP contribution in [0.1, 0.15) is 35.0 Å². The molecule has 2 aromatic heterocycles. The largest absolute Gasteiger partial charge is 0.350 e. The molecule has 6 heteroatoms. The number of hydrogen-bond acceptors (Lipinski definition) is 4. The maximum absolute atomic E-state index is 13.4. The van der Waals surface area contributed by atoms with E-state index in [9.17, 15) is 9.18 Å². The molecule has 1 fully saturated rings. The first-order valence-electron chi connectivity index (χ1n) is 8.16. The highest BCUT2D eigenvalue weighted by Crippen LogP contribution is 2.33. The Morgan fingerprint density at radius 2 is 2.04 bits per heavy atom. The van der Waals surface area contributed by atoms with E-state index in [1.165, 1.54) is 12.1 Å². The Morgan fingerprint density at radius 1 is 1.20 bits per heavy atom. The van der Waals surface area contributed by atoms with Crippen LogP contribution in [-0.2, 0) is 0 Å². The zero-order valence-corrected chi connectivity index (χ0v) is 13.4. The summed E-state index contributed by atoms with van der Waals surface area (Å²) in [5.74, 6) is -0.389. The number of likely N-dealkylation sites (tertiary alicyclic amines) is 1. The summed E-state index contributed by atoms with van der Waals surface area (Å²) < 4.78 is 18.6. The van der Waals surface area contributed by atoms with Gasteiger partial charge in [0.05, 0.1) is 6.04 Å². The minimum atomic E-state index is -0.356. The molecule has 0 saturated carbocycles. The van der Waals surface area contributed by atoms with Gasteiger partial charge in [-0.1, -0.05) is 17.3 Å². The molecular weight excluding hydrogens is 321 g/mol. The summed E-state index contributed by atoms with van der Waals surface area (Å²) in [6, 6.07) is 11.5. The van der Waals surface area contributed by atoms with Crippen LogP contribution in [0.3, 0.4) is 0 Å². The average Bonchev–Trinajstić information content (AvgIpc) is 3.32. The van der Waals surface area contributed by atoms with Gasteiger partial charge in [-0.25, -0.2) is 4.39 Å². The van der Waals surface area contributed by atoms with Crippen LogP contribution >= 0.6 is 0 Å². The van der Waals surface area contributed by atoms with E-state index in [-0.39, 0.29) is 23.5 Å². The molecule has 0 spiro atoms. The Hall–Kier alpha value is -3.02. The number of nitrogens with zero attached hydrogens (tertiary/aromatic N) is 3. The highest BCUT2D eigenvalue weighted by Gasteiger charge is 2.32. The molecule has 1 aromatic carbocycles. The predicted molar refractivity (Wildman–Crippen MR) is 89.1 cm³/mol. The Balaban J connectivity index is 1.59. The normalized spacial score (nSPS) is 17.0. The van der Waals surface area contributed by atoms with E-state index in [4.69, 9.17) is 4.52 Å². The van der Waals surface area contributed by atoms with Crippen LogP contribution in [0.4, 0.5) is 4.39 Å². The second-order valence-electron chi connectivity index (χ2n) is 6.02. The van der Waals surface area contributed by atoms with Crippen molar-refractivity contribution in [2.75, 3.05) is 6.54 Å². The summed E-state index contributed by atoms with van der Waals surface area (Å²) in [6.45, 7) is 0.668. The van der Waals surface area contributed by atoms with Crippen molar-refractivity contribution in [1.29, 1.82) is 0 Å². The van der Waals surface area contributed by atoms with Gasteiger partial charge < -0.3 is 9.42 Å². The summed E-state index contributed by atoms with van der Waals surface area (Å²) in [5.41, 5.74) is 2.09. The van der Waals surface area contributed by atoms with E-state index in [0.29, 0.717) is 17.8 Å². The lowest BCUT2D eigenvalue weighted by molar-refractivity contribution is 0.0693. The Labute approximate surface area is 144 Å². The molecule has 0 radical (unpaired) electrons. The zero-order chi connectivity index (χ0) is 17.2. The number of hydrogen-bond donors (Lipinski definition) is 0. The van der Waals surface area contributed by atoms with Crippen molar-refractivity contribution in [2.24, 2.45) is 0 Å². The molecule has 5 nitrogen and oxygen atoms in total. The molecule has 1 aliphatic heterocycles. The van der Waals surface area contributed by atoms with Crippen LogP contribution in [0.2, 0.25) is 0 Å². The van der Waals surface area contributed by atoms with Gasteiger partial charge >= 0.3 is 0 Å². The van der Waals surface area contributed by atoms with E-state index in [2.05, 4.69) is 10.1 Å². The van der Waals surface area contributed by atoms with Crippen molar-refractivity contribution in [2.45, 2.75) is 18.9 Å². The second kappa shape index (κ2) is 6.47. The fraction of sp³-hybridized carbons (Fsp3) is 0.211. The number of aromatic nitrogens is 2. The summed E-state index contributed by atoms with van der Waals surface area (Å²) in [6.07, 6.45) is 5.30. The van der Waals surface area contributed by atoms with Crippen molar-refractivity contribution in [3.05, 3.63) is 72.0 Å². The first-order chi connectivity index (χ1) is 12.2. The molecule has 3 heterocycles. The van der Waals surface area contributed by atoms with Gasteiger partial charge in [0.2, 0.25) is 5.76 Å². The highest BCUT2D eigenvalue weighted by atomic mass is 19.1. The average molecular weight is 337 g/mol. The van der Waals surface area contributed by atoms with Crippen molar-refractivity contribution in [1.82, 2.24) is 15.0 Å². The van der Waals surface area contributed by atoms with E-state index < -0.39 is 0 Å². The van der Waals surface area contributed by atoms with Crippen LogP contribution in [0.15, 0.2) is 59.4 Å². The summed E-state index contributed by atoms with van der Waals surface area (Å²) in [4.78, 5) is 18.7. The quantitative estimate of drug-likeness (QED) is 0.728. The lowest BCUT2D eigenvalue weighted by atomic mass is 10.1. The van der Waals surface area contributed by atoms with Crippen molar-refractivity contribution in [3.63, 3.8) is 0 Å². The molecule has 4 rings (SSSR count). The Kier molecular flexibility index (Phi) is 4.01. The third-order valence-corrected chi connectivity index (χ3v) is 4.45. The standard InChI is InChI=1S/C19H16FN3O2/c20-15-4-1-3-14(11-15)16-12-18(25-22-16)19(24)23-10-2-5-17(23)13-6-8-21-9-7-13/h1,3-4,6-9,11-12,17H,2,5,10H2/t17-/m0/s1.